The summed E-state index contributed by atoms with van der Waals surface area (Å²) in [5.41, 5.74) is 2.84. The van der Waals surface area contributed by atoms with Crippen LogP contribution in [0.2, 0.25) is 0 Å². The molecule has 0 radical (unpaired) electrons. The normalized spacial score (nSPS) is 10.4. The van der Waals surface area contributed by atoms with Gasteiger partial charge in [0.05, 0.1) is 0 Å². The van der Waals surface area contributed by atoms with E-state index in [1.807, 2.05) is 0 Å². The van der Waals surface area contributed by atoms with Crippen LogP contribution in [0.1, 0.15) is 11.1 Å². The molecule has 0 aromatic heterocycles. The fourth-order valence-corrected chi connectivity index (χ4v) is 2.27. The second-order valence-corrected chi connectivity index (χ2v) is 20.4. The van der Waals surface area contributed by atoms with Gasteiger partial charge in [0, 0.05) is 0 Å². The molecule has 0 bridgehead atoms. The van der Waals surface area contributed by atoms with Crippen molar-refractivity contribution in [2.45, 2.75) is 6.42 Å². The average molecular weight is 540 g/mol. The van der Waals surface area contributed by atoms with Gasteiger partial charge in [0.15, 0.2) is 0 Å². The van der Waals surface area contributed by atoms with Gasteiger partial charge in [0.1, 0.15) is 0 Å². The van der Waals surface area contributed by atoms with E-state index in [4.69, 9.17) is 55.8 Å². The van der Waals surface area contributed by atoms with Gasteiger partial charge in [0.25, 0.3) is 0 Å². The van der Waals surface area contributed by atoms with Crippen molar-refractivity contribution in [1.29, 1.82) is 0 Å². The van der Waals surface area contributed by atoms with Crippen molar-refractivity contribution < 1.29 is 29.4 Å². The minimum absolute atomic E-state index is 1.12. The van der Waals surface area contributed by atoms with Crippen molar-refractivity contribution in [2.75, 3.05) is 0 Å². The van der Waals surface area contributed by atoms with E-state index in [9.17, 15) is 0 Å². The molecule has 0 atom stereocenters. The van der Waals surface area contributed by atoms with E-state index in [-0.39, 0.29) is 0 Å². The molecule has 0 saturated heterocycles. The number of halogens is 6. The standard InChI is InChI=1S/C9H8.C9H7.6ClH.2Ti/c2*1-2-5-9-7-3-6-8(9)4-1;;;;;;;;/h1-6H,7H2;1-7H;6*1H;;/q;-1;;;;;;;+3;+4/p-6. The average Bonchev–Trinajstić information content (AvgIpc) is 3.23. The van der Waals surface area contributed by atoms with Crippen LogP contribution < -0.4 is 0 Å². The predicted molar refractivity (Wildman–Crippen MR) is 114 cm³/mol. The Kier molecular flexibility index (Phi) is 14.3. The van der Waals surface area contributed by atoms with E-state index < -0.39 is 29.4 Å². The van der Waals surface area contributed by atoms with Crippen LogP contribution in [0.4, 0.5) is 0 Å². The first-order valence-corrected chi connectivity index (χ1v) is 20.3. The molecule has 0 N–H and O–H groups in total. The molecule has 0 spiro atoms. The Labute approximate surface area is 190 Å². The van der Waals surface area contributed by atoms with Crippen LogP contribution in [0.15, 0.2) is 72.8 Å². The summed E-state index contributed by atoms with van der Waals surface area (Å²) in [6.45, 7) is 0. The summed E-state index contributed by atoms with van der Waals surface area (Å²) in [7, 11) is 29.8. The van der Waals surface area contributed by atoms with Crippen LogP contribution in [0.5, 0.6) is 0 Å². The molecular formula is C18H15Cl6Ti2. The molecule has 3 aromatic carbocycles. The molecule has 0 fully saturated rings. The van der Waals surface area contributed by atoms with Crippen molar-refractivity contribution in [2.24, 2.45) is 0 Å². The molecule has 0 saturated carbocycles. The summed E-state index contributed by atoms with van der Waals surface area (Å²) in [6, 6.07) is 23.2. The number of benzene rings is 2. The molecule has 0 nitrogen and oxygen atoms in total. The zero-order chi connectivity index (χ0) is 19.4. The van der Waals surface area contributed by atoms with Crippen molar-refractivity contribution in [1.82, 2.24) is 0 Å². The van der Waals surface area contributed by atoms with Gasteiger partial charge in [-0.1, -0.05) is 42.5 Å². The number of allylic oxidation sites excluding steroid dienone is 1. The molecule has 0 amide bonds. The Morgan fingerprint density at radius 3 is 2.04 bits per heavy atom. The summed E-state index contributed by atoms with van der Waals surface area (Å²) in [5, 5.41) is 2.66. The SMILES string of the molecule is C1=Cc2ccccc2C1.[Cl][Ti+]([Cl])[Cl].[Cl][Ti]([Cl])[Cl].c1ccc2[cH-]ccc2c1. The third-order valence-corrected chi connectivity index (χ3v) is 3.24. The molecule has 137 valence electrons. The molecule has 4 rings (SSSR count). The van der Waals surface area contributed by atoms with Crippen LogP contribution >= 0.6 is 55.8 Å². The first-order chi connectivity index (χ1) is 12.4. The zero-order valence-electron chi connectivity index (χ0n) is 13.5. The van der Waals surface area contributed by atoms with Gasteiger partial charge in [-0.3, -0.25) is 0 Å². The molecule has 3 aromatic rings. The molecule has 1 aliphatic rings. The van der Waals surface area contributed by atoms with Crippen LogP contribution in [-0.2, 0) is 35.8 Å². The third-order valence-electron chi connectivity index (χ3n) is 3.24. The Bertz CT molecular complexity index is 744. The Balaban J connectivity index is 0.000000188. The number of fused-ring (bicyclic) bond motifs is 2. The van der Waals surface area contributed by atoms with Crippen molar-refractivity contribution in [3.05, 3.63) is 83.9 Å². The number of hydrogen-bond donors (Lipinski definition) is 0. The third kappa shape index (κ3) is 11.7. The van der Waals surface area contributed by atoms with Gasteiger partial charge in [-0.25, -0.2) is 0 Å². The minimum Gasteiger partial charge on any atom is -0.168 e. The molecule has 0 aliphatic heterocycles. The van der Waals surface area contributed by atoms with Gasteiger partial charge >= 0.3 is 85.2 Å². The maximum absolute atomic E-state index is 4.97. The number of rotatable bonds is 0. The maximum Gasteiger partial charge on any atom is -0.0809 e. The molecule has 8 heteroatoms. The predicted octanol–water partition coefficient (Wildman–Crippen LogP) is 8.95. The van der Waals surface area contributed by atoms with Crippen LogP contribution in [0.25, 0.3) is 16.8 Å². The summed E-state index contributed by atoms with van der Waals surface area (Å²) in [5.74, 6) is 0. The van der Waals surface area contributed by atoms with Gasteiger partial charge in [-0.05, 0) is 17.5 Å². The van der Waals surface area contributed by atoms with E-state index in [0.29, 0.717) is 0 Å². The van der Waals surface area contributed by atoms with Crippen LogP contribution in [0.3, 0.4) is 0 Å². The molecule has 0 unspecified atom stereocenters. The second kappa shape index (κ2) is 14.9. The fraction of sp³-hybridized carbons (Fsp3) is 0.0556. The van der Waals surface area contributed by atoms with Crippen LogP contribution in [0, 0.1) is 0 Å². The quantitative estimate of drug-likeness (QED) is 0.198. The van der Waals surface area contributed by atoms with Gasteiger partial charge in [-0.2, -0.15) is 17.5 Å². The first kappa shape index (κ1) is 25.0. The molecule has 1 aliphatic carbocycles. The van der Waals surface area contributed by atoms with Crippen molar-refractivity contribution >= 4 is 72.7 Å². The van der Waals surface area contributed by atoms with Crippen molar-refractivity contribution in [3.63, 3.8) is 0 Å². The van der Waals surface area contributed by atoms with Gasteiger partial charge in [0.2, 0.25) is 0 Å². The second-order valence-electron chi connectivity index (χ2n) is 4.89. The number of hydrogen-bond acceptors (Lipinski definition) is 0. The minimum atomic E-state index is -1.92. The van der Waals surface area contributed by atoms with E-state index >= 15 is 0 Å². The molecule has 26 heavy (non-hydrogen) atoms. The topological polar surface area (TPSA) is 0 Å². The summed E-state index contributed by atoms with van der Waals surface area (Å²) >= 11 is -3.83. The Morgan fingerprint density at radius 2 is 1.42 bits per heavy atom. The largest absolute Gasteiger partial charge is 0.168 e. The van der Waals surface area contributed by atoms with E-state index in [0.717, 1.165) is 6.42 Å². The first-order valence-electron chi connectivity index (χ1n) is 7.42. The van der Waals surface area contributed by atoms with E-state index in [1.54, 1.807) is 0 Å². The molecular weight excluding hydrogens is 525 g/mol. The van der Waals surface area contributed by atoms with Crippen molar-refractivity contribution in [3.8, 4) is 0 Å². The van der Waals surface area contributed by atoms with Gasteiger partial charge < -0.3 is 0 Å². The zero-order valence-corrected chi connectivity index (χ0v) is 21.1. The fourth-order valence-electron chi connectivity index (χ4n) is 2.27. The summed E-state index contributed by atoms with van der Waals surface area (Å²) in [6.07, 6.45) is 5.50. The maximum atomic E-state index is 4.97. The van der Waals surface area contributed by atoms with Gasteiger partial charge in [-0.15, -0.1) is 29.7 Å². The molecule has 0 heterocycles. The summed E-state index contributed by atoms with van der Waals surface area (Å²) in [4.78, 5) is 0. The van der Waals surface area contributed by atoms with E-state index in [1.165, 1.54) is 21.9 Å². The van der Waals surface area contributed by atoms with E-state index in [2.05, 4.69) is 78.9 Å². The van der Waals surface area contributed by atoms with Crippen LogP contribution in [-0.4, -0.2) is 0 Å². The summed E-state index contributed by atoms with van der Waals surface area (Å²) < 4.78 is 0. The monoisotopic (exact) mass is 537 g/mol. The Hall–Kier alpha value is 0.959. The Morgan fingerprint density at radius 1 is 0.846 bits per heavy atom. The smallest absolute Gasteiger partial charge is 0.0809 e.